The molecule has 0 aliphatic heterocycles. The van der Waals surface area contributed by atoms with Crippen molar-refractivity contribution in [2.75, 3.05) is 0 Å². The van der Waals surface area contributed by atoms with Crippen molar-refractivity contribution < 1.29 is 26.3 Å². The zero-order chi connectivity index (χ0) is 16.5. The highest BCUT2D eigenvalue weighted by molar-refractivity contribution is 6.17. The Hall–Kier alpha value is -1.69. The van der Waals surface area contributed by atoms with Crippen LogP contribution in [0.4, 0.5) is 26.3 Å². The van der Waals surface area contributed by atoms with Gasteiger partial charge in [0, 0.05) is 5.88 Å². The molecule has 0 aliphatic carbocycles. The van der Waals surface area contributed by atoms with Crippen LogP contribution in [0.3, 0.4) is 0 Å². The Labute approximate surface area is 127 Å². The largest absolute Gasteiger partial charge is 0.416 e. The highest BCUT2D eigenvalue weighted by Gasteiger charge is 2.32. The maximum Gasteiger partial charge on any atom is 0.416 e. The molecular weight excluding hydrogens is 330 g/mol. The van der Waals surface area contributed by atoms with E-state index < -0.39 is 23.5 Å². The van der Waals surface area contributed by atoms with Crippen LogP contribution in [0.1, 0.15) is 16.7 Å². The summed E-state index contributed by atoms with van der Waals surface area (Å²) in [4.78, 5) is 0. The third-order valence-electron chi connectivity index (χ3n) is 3.02. The summed E-state index contributed by atoms with van der Waals surface area (Å²) in [6, 6.07) is 7.16. The monoisotopic (exact) mass is 338 g/mol. The van der Waals surface area contributed by atoms with Crippen LogP contribution in [0.5, 0.6) is 0 Å². The second kappa shape index (κ2) is 5.83. The minimum Gasteiger partial charge on any atom is -0.166 e. The zero-order valence-electron chi connectivity index (χ0n) is 10.9. The predicted molar refractivity (Wildman–Crippen MR) is 71.4 cm³/mol. The summed E-state index contributed by atoms with van der Waals surface area (Å²) >= 11 is 5.58. The molecule has 7 heteroatoms. The molecule has 22 heavy (non-hydrogen) atoms. The van der Waals surface area contributed by atoms with Crippen molar-refractivity contribution in [1.29, 1.82) is 0 Å². The van der Waals surface area contributed by atoms with E-state index in [1.807, 2.05) is 0 Å². The Balaban J connectivity index is 2.48. The van der Waals surface area contributed by atoms with Crippen molar-refractivity contribution in [2.24, 2.45) is 0 Å². The fourth-order valence-corrected chi connectivity index (χ4v) is 2.11. The van der Waals surface area contributed by atoms with E-state index in [1.165, 1.54) is 6.07 Å². The van der Waals surface area contributed by atoms with E-state index in [4.69, 9.17) is 11.6 Å². The number of alkyl halides is 7. The van der Waals surface area contributed by atoms with Crippen LogP contribution in [0.15, 0.2) is 42.5 Å². The van der Waals surface area contributed by atoms with Gasteiger partial charge in [-0.1, -0.05) is 12.1 Å². The number of halogens is 7. The van der Waals surface area contributed by atoms with Crippen LogP contribution in [0.25, 0.3) is 11.1 Å². The molecule has 0 aliphatic rings. The molecule has 118 valence electrons. The van der Waals surface area contributed by atoms with Crippen LogP contribution in [0.2, 0.25) is 0 Å². The third kappa shape index (κ3) is 3.74. The molecule has 0 atom stereocenters. The van der Waals surface area contributed by atoms with Gasteiger partial charge in [-0.25, -0.2) is 0 Å². The molecule has 0 amide bonds. The molecule has 0 N–H and O–H groups in total. The highest BCUT2D eigenvalue weighted by atomic mass is 35.5. The van der Waals surface area contributed by atoms with Gasteiger partial charge in [-0.05, 0) is 47.0 Å². The Bertz CT molecular complexity index is 655. The van der Waals surface area contributed by atoms with Crippen molar-refractivity contribution in [2.45, 2.75) is 18.2 Å². The van der Waals surface area contributed by atoms with Gasteiger partial charge >= 0.3 is 12.4 Å². The Kier molecular flexibility index (Phi) is 4.42. The van der Waals surface area contributed by atoms with E-state index >= 15 is 0 Å². The van der Waals surface area contributed by atoms with Gasteiger partial charge in [0.05, 0.1) is 11.1 Å². The summed E-state index contributed by atoms with van der Waals surface area (Å²) in [5.74, 6) is -0.127. The topological polar surface area (TPSA) is 0 Å². The third-order valence-corrected chi connectivity index (χ3v) is 3.33. The molecule has 0 fully saturated rings. The van der Waals surface area contributed by atoms with Crippen LogP contribution in [-0.2, 0) is 18.2 Å². The SMILES string of the molecule is FC(F)(F)c1ccc(-c2cc(CCl)cc(C(F)(F)F)c2)cc1. The van der Waals surface area contributed by atoms with Gasteiger partial charge in [-0.2, -0.15) is 26.3 Å². The van der Waals surface area contributed by atoms with Crippen LogP contribution < -0.4 is 0 Å². The summed E-state index contributed by atoms with van der Waals surface area (Å²) in [5, 5.41) is 0. The van der Waals surface area contributed by atoms with Gasteiger partial charge in [0.1, 0.15) is 0 Å². The molecule has 2 aromatic carbocycles. The lowest BCUT2D eigenvalue weighted by Crippen LogP contribution is -2.06. The molecule has 0 aromatic heterocycles. The summed E-state index contributed by atoms with van der Waals surface area (Å²) < 4.78 is 76.0. The number of hydrogen-bond donors (Lipinski definition) is 0. The van der Waals surface area contributed by atoms with Crippen molar-refractivity contribution >= 4 is 11.6 Å². The molecule has 0 bridgehead atoms. The van der Waals surface area contributed by atoms with Gasteiger partial charge in [0.2, 0.25) is 0 Å². The van der Waals surface area contributed by atoms with E-state index in [0.717, 1.165) is 36.4 Å². The van der Waals surface area contributed by atoms with Crippen molar-refractivity contribution in [3.8, 4) is 11.1 Å². The first kappa shape index (κ1) is 16.7. The maximum atomic E-state index is 12.8. The van der Waals surface area contributed by atoms with Gasteiger partial charge in [-0.15, -0.1) is 11.6 Å². The van der Waals surface area contributed by atoms with Crippen LogP contribution in [-0.4, -0.2) is 0 Å². The minimum absolute atomic E-state index is 0.127. The predicted octanol–water partition coefficient (Wildman–Crippen LogP) is 6.13. The van der Waals surface area contributed by atoms with E-state index in [0.29, 0.717) is 0 Å². The molecule has 0 radical (unpaired) electrons. The van der Waals surface area contributed by atoms with Gasteiger partial charge < -0.3 is 0 Å². The summed E-state index contributed by atoms with van der Waals surface area (Å²) in [5.41, 5.74) is -1.09. The molecule has 0 saturated carbocycles. The molecule has 0 unspecified atom stereocenters. The Morgan fingerprint density at radius 3 is 1.68 bits per heavy atom. The lowest BCUT2D eigenvalue weighted by atomic mass is 9.99. The minimum atomic E-state index is -4.55. The maximum absolute atomic E-state index is 12.8. The van der Waals surface area contributed by atoms with E-state index in [9.17, 15) is 26.3 Å². The number of benzene rings is 2. The number of hydrogen-bond acceptors (Lipinski definition) is 0. The first-order valence-electron chi connectivity index (χ1n) is 6.06. The molecular formula is C15H9ClF6. The Morgan fingerprint density at radius 2 is 1.23 bits per heavy atom. The number of rotatable bonds is 2. The summed E-state index contributed by atoms with van der Waals surface area (Å²) in [6.45, 7) is 0. The fraction of sp³-hybridized carbons (Fsp3) is 0.200. The highest BCUT2D eigenvalue weighted by Crippen LogP contribution is 2.35. The van der Waals surface area contributed by atoms with Gasteiger partial charge in [0.15, 0.2) is 0 Å². The second-order valence-electron chi connectivity index (χ2n) is 4.63. The quantitative estimate of drug-likeness (QED) is 0.456. The van der Waals surface area contributed by atoms with Crippen molar-refractivity contribution in [3.63, 3.8) is 0 Å². The lowest BCUT2D eigenvalue weighted by Gasteiger charge is -2.12. The molecule has 2 aromatic rings. The van der Waals surface area contributed by atoms with Crippen molar-refractivity contribution in [3.05, 3.63) is 59.2 Å². The normalized spacial score (nSPS) is 12.5. The van der Waals surface area contributed by atoms with Crippen molar-refractivity contribution in [1.82, 2.24) is 0 Å². The van der Waals surface area contributed by atoms with E-state index in [-0.39, 0.29) is 22.6 Å². The average Bonchev–Trinajstić information content (AvgIpc) is 2.45. The van der Waals surface area contributed by atoms with Crippen LogP contribution >= 0.6 is 11.6 Å². The molecule has 0 heterocycles. The molecule has 2 rings (SSSR count). The summed E-state index contributed by atoms with van der Waals surface area (Å²) in [6.07, 6.45) is -9.05. The molecule has 0 nitrogen and oxygen atoms in total. The van der Waals surface area contributed by atoms with E-state index in [2.05, 4.69) is 0 Å². The summed E-state index contributed by atoms with van der Waals surface area (Å²) in [7, 11) is 0. The van der Waals surface area contributed by atoms with E-state index in [1.54, 1.807) is 0 Å². The fourth-order valence-electron chi connectivity index (χ4n) is 1.95. The first-order chi connectivity index (χ1) is 10.1. The molecule has 0 spiro atoms. The average molecular weight is 339 g/mol. The molecule has 0 saturated heterocycles. The second-order valence-corrected chi connectivity index (χ2v) is 4.89. The standard InChI is InChI=1S/C15H9ClF6/c16-8-9-5-11(7-13(6-9)15(20,21)22)10-1-3-12(4-2-10)14(17,18)19/h1-7H,8H2. The van der Waals surface area contributed by atoms with Gasteiger partial charge in [0.25, 0.3) is 0 Å². The first-order valence-corrected chi connectivity index (χ1v) is 6.59. The smallest absolute Gasteiger partial charge is 0.166 e. The zero-order valence-corrected chi connectivity index (χ0v) is 11.7. The lowest BCUT2D eigenvalue weighted by molar-refractivity contribution is -0.138. The Morgan fingerprint density at radius 1 is 0.682 bits per heavy atom. The van der Waals surface area contributed by atoms with Gasteiger partial charge in [-0.3, -0.25) is 0 Å². The van der Waals surface area contributed by atoms with Crippen LogP contribution in [0, 0.1) is 0 Å².